The molecule has 0 aromatic heterocycles. The van der Waals surface area contributed by atoms with E-state index in [1.807, 2.05) is 0 Å². The van der Waals surface area contributed by atoms with Gasteiger partial charge in [-0.25, -0.2) is 35.1 Å². The molecule has 2 rings (SSSR count). The van der Waals surface area contributed by atoms with Crippen molar-refractivity contribution in [3.05, 3.63) is 47.0 Å². The summed E-state index contributed by atoms with van der Waals surface area (Å²) in [6, 6.07) is -1.50. The van der Waals surface area contributed by atoms with E-state index >= 15 is 0 Å². The molecule has 0 atom stereocenters. The van der Waals surface area contributed by atoms with Gasteiger partial charge in [0.2, 0.25) is 0 Å². The normalized spacial score (nSPS) is 11.2. The molecule has 0 heterocycles. The van der Waals surface area contributed by atoms with Gasteiger partial charge in [-0.2, -0.15) is 0 Å². The van der Waals surface area contributed by atoms with E-state index < -0.39 is 66.5 Å². The van der Waals surface area contributed by atoms with Crippen molar-refractivity contribution in [2.24, 2.45) is 0 Å². The van der Waals surface area contributed by atoms with Gasteiger partial charge in [0, 0.05) is 0 Å². The van der Waals surface area contributed by atoms with Crippen molar-refractivity contribution in [3.8, 4) is 0 Å². The first-order valence-electron chi connectivity index (χ1n) is 6.22. The summed E-state index contributed by atoms with van der Waals surface area (Å²) >= 11 is 0.185. The lowest BCUT2D eigenvalue weighted by molar-refractivity contribution is 0.446. The molecule has 0 amide bonds. The summed E-state index contributed by atoms with van der Waals surface area (Å²) in [6.07, 6.45) is 0. The number of hydrogen-bond donors (Lipinski definition) is 0. The maximum Gasteiger partial charge on any atom is 0.176 e. The van der Waals surface area contributed by atoms with Crippen LogP contribution in [0.1, 0.15) is 0 Å². The molecular formula is C14H6F8S3. The Kier molecular flexibility index (Phi) is 6.92. The van der Waals surface area contributed by atoms with E-state index in [0.717, 1.165) is 0 Å². The summed E-state index contributed by atoms with van der Waals surface area (Å²) in [5.41, 5.74) is 0. The standard InChI is InChI=1S/C14H6F8S3/c15-3-23-13-5(17)1-7(9(19)11(13)21)25-8-2-6(18)14(24-4-16)12(22)10(8)20/h1-2H,3-4H2. The smallest absolute Gasteiger partial charge is 0.176 e. The molecule has 2 aromatic rings. The number of rotatable bonds is 6. The first kappa shape index (κ1) is 20.2. The van der Waals surface area contributed by atoms with Crippen LogP contribution in [-0.2, 0) is 0 Å². The highest BCUT2D eigenvalue weighted by Gasteiger charge is 2.24. The van der Waals surface area contributed by atoms with Gasteiger partial charge in [0.25, 0.3) is 0 Å². The van der Waals surface area contributed by atoms with Crippen LogP contribution in [0.3, 0.4) is 0 Å². The third-order valence-corrected chi connectivity index (χ3v) is 5.36. The minimum absolute atomic E-state index is 0.0351. The van der Waals surface area contributed by atoms with Crippen molar-refractivity contribution in [1.29, 1.82) is 0 Å². The highest BCUT2D eigenvalue weighted by atomic mass is 32.2. The second-order valence-electron chi connectivity index (χ2n) is 4.24. The van der Waals surface area contributed by atoms with Crippen LogP contribution in [0.2, 0.25) is 0 Å². The summed E-state index contributed by atoms with van der Waals surface area (Å²) in [4.78, 5) is -3.39. The van der Waals surface area contributed by atoms with Crippen LogP contribution in [0.15, 0.2) is 31.7 Å². The zero-order chi connectivity index (χ0) is 18.7. The van der Waals surface area contributed by atoms with Crippen LogP contribution in [0.25, 0.3) is 0 Å². The third kappa shape index (κ3) is 4.20. The second-order valence-corrected chi connectivity index (χ2v) is 7.15. The zero-order valence-corrected chi connectivity index (χ0v) is 14.3. The maximum absolute atomic E-state index is 13.9. The molecule has 11 heteroatoms. The number of benzene rings is 2. The van der Waals surface area contributed by atoms with E-state index in [4.69, 9.17) is 0 Å². The van der Waals surface area contributed by atoms with E-state index in [9.17, 15) is 35.1 Å². The minimum atomic E-state index is -1.70. The fraction of sp³-hybridized carbons (Fsp3) is 0.143. The van der Waals surface area contributed by atoms with Gasteiger partial charge in [-0.05, 0) is 12.1 Å². The van der Waals surface area contributed by atoms with Crippen LogP contribution < -0.4 is 0 Å². The molecule has 25 heavy (non-hydrogen) atoms. The molecule has 0 spiro atoms. The molecular weight excluding hydrogens is 416 g/mol. The Labute approximate surface area is 149 Å². The van der Waals surface area contributed by atoms with Crippen LogP contribution in [0.4, 0.5) is 35.1 Å². The quantitative estimate of drug-likeness (QED) is 0.289. The molecule has 0 saturated heterocycles. The number of halogens is 8. The largest absolute Gasteiger partial charge is 0.239 e. The lowest BCUT2D eigenvalue weighted by Gasteiger charge is -2.11. The van der Waals surface area contributed by atoms with Crippen LogP contribution >= 0.6 is 35.3 Å². The van der Waals surface area contributed by atoms with Gasteiger partial charge in [-0.3, -0.25) is 0 Å². The van der Waals surface area contributed by atoms with Crippen LogP contribution in [-0.4, -0.2) is 12.0 Å². The van der Waals surface area contributed by atoms with Crippen LogP contribution in [0.5, 0.6) is 0 Å². The van der Waals surface area contributed by atoms with Gasteiger partial charge in [0.05, 0.1) is 19.6 Å². The molecule has 0 N–H and O–H groups in total. The number of thioether (sulfide) groups is 2. The lowest BCUT2D eigenvalue weighted by atomic mass is 10.3. The number of alkyl halides is 2. The van der Waals surface area contributed by atoms with E-state index in [1.165, 1.54) is 0 Å². The molecule has 0 nitrogen and oxygen atoms in total. The highest BCUT2D eigenvalue weighted by molar-refractivity contribution is 8.00. The van der Waals surface area contributed by atoms with E-state index in [-0.39, 0.29) is 35.3 Å². The highest BCUT2D eigenvalue weighted by Crippen LogP contribution is 2.40. The molecule has 0 aliphatic rings. The Bertz CT molecular complexity index is 731. The fourth-order valence-electron chi connectivity index (χ4n) is 1.75. The Morgan fingerprint density at radius 3 is 1.28 bits per heavy atom. The van der Waals surface area contributed by atoms with Gasteiger partial charge < -0.3 is 0 Å². The average Bonchev–Trinajstić information content (AvgIpc) is 2.57. The summed E-state index contributed by atoms with van der Waals surface area (Å²) in [5, 5.41) is 0. The van der Waals surface area contributed by atoms with Crippen molar-refractivity contribution in [2.45, 2.75) is 19.6 Å². The summed E-state index contributed by atoms with van der Waals surface area (Å²) in [6.45, 7) is 0. The van der Waals surface area contributed by atoms with Crippen molar-refractivity contribution >= 4 is 35.3 Å². The first-order chi connectivity index (χ1) is 11.8. The predicted molar refractivity (Wildman–Crippen MR) is 80.4 cm³/mol. The lowest BCUT2D eigenvalue weighted by Crippen LogP contribution is -1.99. The Balaban J connectivity index is 2.47. The fourth-order valence-corrected chi connectivity index (χ4v) is 3.72. The molecule has 2 aromatic carbocycles. The van der Waals surface area contributed by atoms with E-state index in [1.54, 1.807) is 0 Å². The van der Waals surface area contributed by atoms with Gasteiger partial charge in [-0.15, -0.1) is 0 Å². The first-order valence-corrected chi connectivity index (χ1v) is 9.00. The minimum Gasteiger partial charge on any atom is -0.239 e. The average molecular weight is 422 g/mol. The Morgan fingerprint density at radius 2 is 0.960 bits per heavy atom. The number of hydrogen-bond acceptors (Lipinski definition) is 3. The maximum atomic E-state index is 13.9. The van der Waals surface area contributed by atoms with E-state index in [2.05, 4.69) is 0 Å². The Hall–Kier alpha value is -1.07. The van der Waals surface area contributed by atoms with Crippen molar-refractivity contribution in [2.75, 3.05) is 12.0 Å². The van der Waals surface area contributed by atoms with Gasteiger partial charge in [0.15, 0.2) is 23.3 Å². The van der Waals surface area contributed by atoms with E-state index in [0.29, 0.717) is 12.1 Å². The second kappa shape index (κ2) is 8.54. The molecule has 0 aliphatic carbocycles. The van der Waals surface area contributed by atoms with Crippen molar-refractivity contribution in [1.82, 2.24) is 0 Å². The molecule has 136 valence electrons. The monoisotopic (exact) mass is 422 g/mol. The predicted octanol–water partition coefficient (Wildman–Crippen LogP) is 6.71. The van der Waals surface area contributed by atoms with Crippen molar-refractivity contribution in [3.63, 3.8) is 0 Å². The molecule has 0 saturated carbocycles. The molecule has 0 aliphatic heterocycles. The summed E-state index contributed by atoms with van der Waals surface area (Å²) in [5.74, 6) is -9.26. The molecule has 0 bridgehead atoms. The Morgan fingerprint density at radius 1 is 0.600 bits per heavy atom. The van der Waals surface area contributed by atoms with Gasteiger partial charge in [0.1, 0.15) is 23.6 Å². The van der Waals surface area contributed by atoms with Crippen molar-refractivity contribution < 1.29 is 35.1 Å². The van der Waals surface area contributed by atoms with Gasteiger partial charge >= 0.3 is 0 Å². The molecule has 0 unspecified atom stereocenters. The summed E-state index contributed by atoms with van der Waals surface area (Å²) < 4.78 is 107. The summed E-state index contributed by atoms with van der Waals surface area (Å²) in [7, 11) is 0. The molecule has 0 radical (unpaired) electrons. The third-order valence-electron chi connectivity index (χ3n) is 2.78. The zero-order valence-electron chi connectivity index (χ0n) is 11.8. The topological polar surface area (TPSA) is 0 Å². The molecule has 0 fully saturated rings. The SMILES string of the molecule is FCSc1c(F)cc(Sc2cc(F)c(SCF)c(F)c2F)c(F)c1F. The van der Waals surface area contributed by atoms with Crippen LogP contribution in [0, 0.1) is 34.9 Å². The van der Waals surface area contributed by atoms with Gasteiger partial charge in [-0.1, -0.05) is 35.3 Å².